The summed E-state index contributed by atoms with van der Waals surface area (Å²) in [4.78, 5) is 15.9. The van der Waals surface area contributed by atoms with Crippen molar-refractivity contribution in [2.75, 3.05) is 7.11 Å². The van der Waals surface area contributed by atoms with Gasteiger partial charge in [-0.3, -0.25) is 0 Å². The summed E-state index contributed by atoms with van der Waals surface area (Å²) in [5.74, 6) is -0.177. The predicted octanol–water partition coefficient (Wildman–Crippen LogP) is 2.34. The van der Waals surface area contributed by atoms with E-state index in [1.165, 1.54) is 7.11 Å². The maximum atomic E-state index is 11.7. The molecule has 0 aliphatic heterocycles. The molecule has 0 saturated heterocycles. The van der Waals surface area contributed by atoms with Gasteiger partial charge in [0.1, 0.15) is 18.1 Å². The van der Waals surface area contributed by atoms with Gasteiger partial charge in [0, 0.05) is 0 Å². The number of hydrogen-bond donors (Lipinski definition) is 1. The highest BCUT2D eigenvalue weighted by Gasteiger charge is 2.17. The number of benzene rings is 1. The molecule has 0 spiro atoms. The van der Waals surface area contributed by atoms with Crippen molar-refractivity contribution in [1.82, 2.24) is 4.98 Å². The third-order valence-corrected chi connectivity index (χ3v) is 3.03. The van der Waals surface area contributed by atoms with Crippen molar-refractivity contribution in [3.8, 4) is 5.75 Å². The van der Waals surface area contributed by atoms with E-state index in [-0.39, 0.29) is 17.9 Å². The van der Waals surface area contributed by atoms with Crippen molar-refractivity contribution in [1.29, 1.82) is 0 Å². The Bertz CT molecular complexity index is 668. The highest BCUT2D eigenvalue weighted by Crippen LogP contribution is 2.25. The topological polar surface area (TPSA) is 68.7 Å². The molecule has 1 aromatic carbocycles. The van der Waals surface area contributed by atoms with Crippen molar-refractivity contribution >= 4 is 11.5 Å². The summed E-state index contributed by atoms with van der Waals surface area (Å²) in [5, 5.41) is 9.19. The van der Waals surface area contributed by atoms with Crippen molar-refractivity contribution < 1.29 is 19.4 Å². The Balaban J connectivity index is 2.26. The molecule has 0 bridgehead atoms. The zero-order valence-corrected chi connectivity index (χ0v) is 12.3. The standard InChI is InChI=1S/C17H17NO4/c1-12(17(20)21-2)16-15(9-8-14(10-19)18-16)22-11-13-6-4-3-5-7-13/h3-9,19H,1,10-11H2,2H3. The predicted molar refractivity (Wildman–Crippen MR) is 82.0 cm³/mol. The molecule has 0 atom stereocenters. The van der Waals surface area contributed by atoms with Gasteiger partial charge in [-0.1, -0.05) is 36.9 Å². The van der Waals surface area contributed by atoms with Crippen LogP contribution in [0.5, 0.6) is 5.75 Å². The highest BCUT2D eigenvalue weighted by atomic mass is 16.5. The van der Waals surface area contributed by atoms with Gasteiger partial charge in [0.05, 0.1) is 25.0 Å². The number of aliphatic hydroxyl groups excluding tert-OH is 1. The van der Waals surface area contributed by atoms with Crippen LogP contribution in [0, 0.1) is 0 Å². The average Bonchev–Trinajstić information content (AvgIpc) is 2.59. The maximum Gasteiger partial charge on any atom is 0.339 e. The number of nitrogens with zero attached hydrogens (tertiary/aromatic N) is 1. The Morgan fingerprint density at radius 2 is 1.95 bits per heavy atom. The van der Waals surface area contributed by atoms with Crippen LogP contribution in [0.4, 0.5) is 0 Å². The number of methoxy groups -OCH3 is 1. The van der Waals surface area contributed by atoms with E-state index in [4.69, 9.17) is 4.74 Å². The number of esters is 1. The molecule has 0 unspecified atom stereocenters. The Morgan fingerprint density at radius 3 is 2.59 bits per heavy atom. The fourth-order valence-corrected chi connectivity index (χ4v) is 1.86. The second-order valence-electron chi connectivity index (χ2n) is 4.55. The summed E-state index contributed by atoms with van der Waals surface area (Å²) in [5.41, 5.74) is 1.77. The lowest BCUT2D eigenvalue weighted by Crippen LogP contribution is -2.08. The first-order chi connectivity index (χ1) is 10.7. The Hall–Kier alpha value is -2.66. The molecule has 1 aromatic heterocycles. The van der Waals surface area contributed by atoms with Gasteiger partial charge >= 0.3 is 5.97 Å². The normalized spacial score (nSPS) is 10.1. The summed E-state index contributed by atoms with van der Waals surface area (Å²) in [6, 6.07) is 12.9. The molecule has 1 heterocycles. The number of aliphatic hydroxyl groups is 1. The molecule has 0 radical (unpaired) electrons. The van der Waals surface area contributed by atoms with Crippen molar-refractivity contribution in [3.05, 3.63) is 66.0 Å². The molecular formula is C17H17NO4. The van der Waals surface area contributed by atoms with E-state index in [0.29, 0.717) is 18.1 Å². The molecule has 2 rings (SSSR count). The maximum absolute atomic E-state index is 11.7. The first kappa shape index (κ1) is 15.7. The SMILES string of the molecule is C=C(C(=O)OC)c1nc(CO)ccc1OCc1ccccc1. The van der Waals surface area contributed by atoms with Gasteiger partial charge < -0.3 is 14.6 Å². The summed E-state index contributed by atoms with van der Waals surface area (Å²) in [7, 11) is 1.27. The largest absolute Gasteiger partial charge is 0.487 e. The number of ether oxygens (including phenoxy) is 2. The fourth-order valence-electron chi connectivity index (χ4n) is 1.86. The lowest BCUT2D eigenvalue weighted by atomic mass is 10.1. The molecule has 114 valence electrons. The van der Waals surface area contributed by atoms with Crippen molar-refractivity contribution in [3.63, 3.8) is 0 Å². The van der Waals surface area contributed by atoms with E-state index >= 15 is 0 Å². The number of hydrogen-bond acceptors (Lipinski definition) is 5. The Kier molecular flexibility index (Phi) is 5.27. The molecule has 0 saturated carbocycles. The quantitative estimate of drug-likeness (QED) is 0.655. The molecule has 1 N–H and O–H groups in total. The van der Waals surface area contributed by atoms with E-state index < -0.39 is 5.97 Å². The average molecular weight is 299 g/mol. The van der Waals surface area contributed by atoms with Crippen LogP contribution in [0.3, 0.4) is 0 Å². The summed E-state index contributed by atoms with van der Waals surface area (Å²) >= 11 is 0. The molecule has 5 heteroatoms. The zero-order chi connectivity index (χ0) is 15.9. The Morgan fingerprint density at radius 1 is 1.23 bits per heavy atom. The van der Waals surface area contributed by atoms with Crippen LogP contribution in [-0.4, -0.2) is 23.2 Å². The van der Waals surface area contributed by atoms with Gasteiger partial charge in [0.2, 0.25) is 0 Å². The second kappa shape index (κ2) is 7.38. The molecule has 5 nitrogen and oxygen atoms in total. The minimum absolute atomic E-state index is 0.0841. The van der Waals surface area contributed by atoms with Crippen LogP contribution in [0.25, 0.3) is 5.57 Å². The van der Waals surface area contributed by atoms with Gasteiger partial charge in [-0.05, 0) is 17.7 Å². The molecular weight excluding hydrogens is 282 g/mol. The van der Waals surface area contributed by atoms with Crippen molar-refractivity contribution in [2.24, 2.45) is 0 Å². The van der Waals surface area contributed by atoms with Crippen LogP contribution in [0.2, 0.25) is 0 Å². The van der Waals surface area contributed by atoms with Crippen molar-refractivity contribution in [2.45, 2.75) is 13.2 Å². The third kappa shape index (κ3) is 3.71. The molecule has 22 heavy (non-hydrogen) atoms. The van der Waals surface area contributed by atoms with E-state index in [1.54, 1.807) is 12.1 Å². The molecule has 0 fully saturated rings. The first-order valence-electron chi connectivity index (χ1n) is 6.70. The second-order valence-corrected chi connectivity index (χ2v) is 4.55. The summed E-state index contributed by atoms with van der Waals surface area (Å²) in [6.45, 7) is 3.79. The van der Waals surface area contributed by atoms with Crippen LogP contribution in [-0.2, 0) is 22.7 Å². The van der Waals surface area contributed by atoms with Gasteiger partial charge in [0.25, 0.3) is 0 Å². The van der Waals surface area contributed by atoms with Gasteiger partial charge in [-0.25, -0.2) is 9.78 Å². The minimum Gasteiger partial charge on any atom is -0.487 e. The van der Waals surface area contributed by atoms with E-state index in [1.807, 2.05) is 30.3 Å². The van der Waals surface area contributed by atoms with E-state index in [9.17, 15) is 9.90 Å². The number of carbonyl (C=O) groups is 1. The molecule has 0 aliphatic carbocycles. The number of rotatable bonds is 6. The molecule has 0 aliphatic rings. The lowest BCUT2D eigenvalue weighted by molar-refractivity contribution is -0.133. The molecule has 0 amide bonds. The summed E-state index contributed by atoms with van der Waals surface area (Å²) in [6.07, 6.45) is 0. The first-order valence-corrected chi connectivity index (χ1v) is 6.70. The summed E-state index contributed by atoms with van der Waals surface area (Å²) < 4.78 is 10.4. The number of carbonyl (C=O) groups excluding carboxylic acids is 1. The number of pyridine rings is 1. The Labute approximate surface area is 128 Å². The fraction of sp³-hybridized carbons (Fsp3) is 0.176. The van der Waals surface area contributed by atoms with Crippen LogP contribution < -0.4 is 4.74 Å². The van der Waals surface area contributed by atoms with Gasteiger partial charge in [-0.15, -0.1) is 0 Å². The van der Waals surface area contributed by atoms with Gasteiger partial charge in [0.15, 0.2) is 0 Å². The highest BCUT2D eigenvalue weighted by molar-refractivity contribution is 6.15. The minimum atomic E-state index is -0.591. The molecule has 2 aromatic rings. The van der Waals surface area contributed by atoms with Gasteiger partial charge in [-0.2, -0.15) is 0 Å². The van der Waals surface area contributed by atoms with Crippen LogP contribution in [0.15, 0.2) is 49.0 Å². The van der Waals surface area contributed by atoms with E-state index in [0.717, 1.165) is 5.56 Å². The lowest BCUT2D eigenvalue weighted by Gasteiger charge is -2.12. The monoisotopic (exact) mass is 299 g/mol. The number of aromatic nitrogens is 1. The van der Waals surface area contributed by atoms with Crippen LogP contribution >= 0.6 is 0 Å². The van der Waals surface area contributed by atoms with E-state index in [2.05, 4.69) is 16.3 Å². The third-order valence-electron chi connectivity index (χ3n) is 3.03. The smallest absolute Gasteiger partial charge is 0.339 e. The van der Waals surface area contributed by atoms with Crippen LogP contribution in [0.1, 0.15) is 17.0 Å². The zero-order valence-electron chi connectivity index (χ0n) is 12.3.